The highest BCUT2D eigenvalue weighted by Crippen LogP contribution is 2.37. The molecule has 0 aromatic heterocycles. The summed E-state index contributed by atoms with van der Waals surface area (Å²) in [6.07, 6.45) is -2.08. The molecule has 0 spiro atoms. The van der Waals surface area contributed by atoms with Crippen molar-refractivity contribution >= 4 is 0 Å². The molecule has 94 valence electrons. The lowest BCUT2D eigenvalue weighted by Gasteiger charge is -2.35. The standard InChI is InChI=1S/C11H17F3O2/c1-4-9(3)10(15,5-2)11(13,14)16-8-6-7-12/h4-5,9,15H,1-2,6-8H2,3H3. The smallest absolute Gasteiger partial charge is 0.377 e. The van der Waals surface area contributed by atoms with Crippen LogP contribution in [0.1, 0.15) is 13.3 Å². The second-order valence-electron chi connectivity index (χ2n) is 3.46. The van der Waals surface area contributed by atoms with Gasteiger partial charge >= 0.3 is 6.11 Å². The van der Waals surface area contributed by atoms with E-state index in [0.717, 1.165) is 6.08 Å². The predicted molar refractivity (Wildman–Crippen MR) is 56.0 cm³/mol. The Kier molecular flexibility index (Phi) is 5.75. The maximum absolute atomic E-state index is 13.5. The summed E-state index contributed by atoms with van der Waals surface area (Å²) in [5, 5.41) is 9.76. The van der Waals surface area contributed by atoms with E-state index in [2.05, 4.69) is 17.9 Å². The molecule has 0 aromatic rings. The Bertz CT molecular complexity index is 243. The Morgan fingerprint density at radius 3 is 2.38 bits per heavy atom. The fourth-order valence-electron chi connectivity index (χ4n) is 1.12. The average Bonchev–Trinajstić information content (AvgIpc) is 2.26. The summed E-state index contributed by atoms with van der Waals surface area (Å²) in [4.78, 5) is 0. The van der Waals surface area contributed by atoms with E-state index >= 15 is 0 Å². The number of halogens is 3. The number of alkyl halides is 3. The van der Waals surface area contributed by atoms with E-state index in [1.807, 2.05) is 0 Å². The van der Waals surface area contributed by atoms with Crippen molar-refractivity contribution in [2.45, 2.75) is 25.1 Å². The van der Waals surface area contributed by atoms with E-state index < -0.39 is 30.9 Å². The molecule has 0 bridgehead atoms. The van der Waals surface area contributed by atoms with Crippen LogP contribution in [0.2, 0.25) is 0 Å². The first-order chi connectivity index (χ1) is 7.35. The molecule has 0 rings (SSSR count). The van der Waals surface area contributed by atoms with Gasteiger partial charge in [-0.1, -0.05) is 25.7 Å². The third kappa shape index (κ3) is 3.09. The molecular weight excluding hydrogens is 221 g/mol. The number of hydrogen-bond acceptors (Lipinski definition) is 2. The summed E-state index contributed by atoms with van der Waals surface area (Å²) >= 11 is 0. The first-order valence-corrected chi connectivity index (χ1v) is 4.92. The minimum atomic E-state index is -3.82. The minimum absolute atomic E-state index is 0.148. The zero-order chi connectivity index (χ0) is 12.8. The fourth-order valence-corrected chi connectivity index (χ4v) is 1.12. The van der Waals surface area contributed by atoms with Crippen LogP contribution < -0.4 is 0 Å². The van der Waals surface area contributed by atoms with E-state index in [0.29, 0.717) is 0 Å². The van der Waals surface area contributed by atoms with Gasteiger partial charge in [-0.15, -0.1) is 6.58 Å². The van der Waals surface area contributed by atoms with Crippen LogP contribution in [0.5, 0.6) is 0 Å². The van der Waals surface area contributed by atoms with E-state index in [4.69, 9.17) is 0 Å². The molecule has 2 nitrogen and oxygen atoms in total. The molecule has 16 heavy (non-hydrogen) atoms. The molecule has 0 aliphatic carbocycles. The molecule has 0 aliphatic rings. The van der Waals surface area contributed by atoms with Gasteiger partial charge in [0.1, 0.15) is 0 Å². The van der Waals surface area contributed by atoms with Crippen LogP contribution in [0.15, 0.2) is 25.3 Å². The van der Waals surface area contributed by atoms with Crippen molar-refractivity contribution in [2.24, 2.45) is 5.92 Å². The lowest BCUT2D eigenvalue weighted by Crippen LogP contribution is -2.52. The number of rotatable bonds is 8. The third-order valence-electron chi connectivity index (χ3n) is 2.39. The summed E-state index contributed by atoms with van der Waals surface area (Å²) in [6, 6.07) is 0. The minimum Gasteiger partial charge on any atom is -0.377 e. The summed E-state index contributed by atoms with van der Waals surface area (Å²) in [7, 11) is 0. The molecule has 1 N–H and O–H groups in total. The highest BCUT2D eigenvalue weighted by atomic mass is 19.3. The molecule has 0 aromatic carbocycles. The van der Waals surface area contributed by atoms with Gasteiger partial charge in [-0.25, -0.2) is 0 Å². The first kappa shape index (κ1) is 15.2. The van der Waals surface area contributed by atoms with Gasteiger partial charge in [-0.3, -0.25) is 4.39 Å². The van der Waals surface area contributed by atoms with Crippen LogP contribution in [0.3, 0.4) is 0 Å². The Morgan fingerprint density at radius 1 is 1.44 bits per heavy atom. The zero-order valence-electron chi connectivity index (χ0n) is 9.26. The molecular formula is C11H17F3O2. The number of aliphatic hydroxyl groups is 1. The van der Waals surface area contributed by atoms with E-state index in [-0.39, 0.29) is 6.42 Å². The van der Waals surface area contributed by atoms with Crippen molar-refractivity contribution in [3.63, 3.8) is 0 Å². The SMILES string of the molecule is C=CC(C)C(O)(C=C)C(F)(F)OCCCF. The van der Waals surface area contributed by atoms with Crippen LogP contribution in [0, 0.1) is 5.92 Å². The largest absolute Gasteiger partial charge is 0.388 e. The van der Waals surface area contributed by atoms with Gasteiger partial charge in [0.05, 0.1) is 13.3 Å². The topological polar surface area (TPSA) is 29.5 Å². The molecule has 5 heteroatoms. The van der Waals surface area contributed by atoms with Gasteiger partial charge < -0.3 is 9.84 Å². The highest BCUT2D eigenvalue weighted by molar-refractivity contribution is 5.09. The summed E-state index contributed by atoms with van der Waals surface area (Å²) in [6.45, 7) is 6.64. The van der Waals surface area contributed by atoms with Crippen LogP contribution in [0.25, 0.3) is 0 Å². The van der Waals surface area contributed by atoms with Crippen molar-refractivity contribution in [3.05, 3.63) is 25.3 Å². The van der Waals surface area contributed by atoms with Gasteiger partial charge in [0.25, 0.3) is 0 Å². The number of hydrogen-bond donors (Lipinski definition) is 1. The van der Waals surface area contributed by atoms with Gasteiger partial charge in [-0.05, 0) is 6.42 Å². The quantitative estimate of drug-likeness (QED) is 0.520. The van der Waals surface area contributed by atoms with Crippen LogP contribution in [-0.2, 0) is 4.74 Å². The van der Waals surface area contributed by atoms with Crippen molar-refractivity contribution in [1.29, 1.82) is 0 Å². The number of ether oxygens (including phenoxy) is 1. The van der Waals surface area contributed by atoms with E-state index in [1.54, 1.807) is 0 Å². The summed E-state index contributed by atoms with van der Waals surface area (Å²) < 4.78 is 43.0. The molecule has 0 fully saturated rings. The maximum Gasteiger partial charge on any atom is 0.388 e. The molecule has 2 atom stereocenters. The molecule has 0 aliphatic heterocycles. The predicted octanol–water partition coefficient (Wildman–Crippen LogP) is 2.69. The molecule has 0 heterocycles. The molecule has 0 saturated carbocycles. The Balaban J connectivity index is 4.76. The van der Waals surface area contributed by atoms with Crippen molar-refractivity contribution in [2.75, 3.05) is 13.3 Å². The average molecular weight is 238 g/mol. The normalized spacial score (nSPS) is 17.6. The van der Waals surface area contributed by atoms with Gasteiger partial charge in [-0.2, -0.15) is 8.78 Å². The van der Waals surface area contributed by atoms with Crippen molar-refractivity contribution in [1.82, 2.24) is 0 Å². The molecule has 0 radical (unpaired) electrons. The maximum atomic E-state index is 13.5. The first-order valence-electron chi connectivity index (χ1n) is 4.92. The second kappa shape index (κ2) is 6.06. The van der Waals surface area contributed by atoms with Gasteiger partial charge in [0, 0.05) is 5.92 Å². The van der Waals surface area contributed by atoms with Crippen LogP contribution in [0.4, 0.5) is 13.2 Å². The lowest BCUT2D eigenvalue weighted by molar-refractivity contribution is -0.323. The van der Waals surface area contributed by atoms with Crippen LogP contribution >= 0.6 is 0 Å². The Labute approximate surface area is 93.4 Å². The van der Waals surface area contributed by atoms with E-state index in [9.17, 15) is 18.3 Å². The van der Waals surface area contributed by atoms with Crippen molar-refractivity contribution < 1.29 is 23.0 Å². The molecule has 2 unspecified atom stereocenters. The second-order valence-corrected chi connectivity index (χ2v) is 3.46. The molecule has 0 amide bonds. The van der Waals surface area contributed by atoms with Crippen LogP contribution in [-0.4, -0.2) is 30.1 Å². The zero-order valence-corrected chi connectivity index (χ0v) is 9.26. The highest BCUT2D eigenvalue weighted by Gasteiger charge is 2.54. The Hall–Kier alpha value is -0.810. The fraction of sp³-hybridized carbons (Fsp3) is 0.636. The monoisotopic (exact) mass is 238 g/mol. The van der Waals surface area contributed by atoms with E-state index in [1.165, 1.54) is 13.0 Å². The Morgan fingerprint density at radius 2 is 2.00 bits per heavy atom. The van der Waals surface area contributed by atoms with Crippen molar-refractivity contribution in [3.8, 4) is 0 Å². The van der Waals surface area contributed by atoms with Gasteiger partial charge in [0.15, 0.2) is 5.60 Å². The summed E-state index contributed by atoms with van der Waals surface area (Å²) in [5.41, 5.74) is -2.54. The molecule has 0 saturated heterocycles. The summed E-state index contributed by atoms with van der Waals surface area (Å²) in [5.74, 6) is -0.939. The third-order valence-corrected chi connectivity index (χ3v) is 2.39. The lowest BCUT2D eigenvalue weighted by atomic mass is 9.87. The van der Waals surface area contributed by atoms with Gasteiger partial charge in [0.2, 0.25) is 0 Å².